The summed E-state index contributed by atoms with van der Waals surface area (Å²) in [5.41, 5.74) is 1.71. The molecule has 0 aliphatic rings. The molecule has 0 unspecified atom stereocenters. The number of carbonyl (C=O) groups excluding carboxylic acids is 2. The highest BCUT2D eigenvalue weighted by molar-refractivity contribution is 6.31. The molecule has 0 N–H and O–H groups in total. The van der Waals surface area contributed by atoms with Crippen LogP contribution in [-0.4, -0.2) is 45.2 Å². The van der Waals surface area contributed by atoms with Gasteiger partial charge in [0.05, 0.1) is 11.4 Å². The van der Waals surface area contributed by atoms with E-state index < -0.39 is 5.97 Å². The fraction of sp³-hybridized carbons (Fsp3) is 0.381. The molecular formula is C21H25ClFN3O3. The van der Waals surface area contributed by atoms with Gasteiger partial charge in [-0.3, -0.25) is 4.79 Å². The van der Waals surface area contributed by atoms with Crippen LogP contribution in [0.25, 0.3) is 11.8 Å². The molecule has 0 saturated carbocycles. The molecule has 0 atom stereocenters. The first-order chi connectivity index (χ1) is 13.6. The van der Waals surface area contributed by atoms with Crippen LogP contribution in [0.2, 0.25) is 5.15 Å². The first kappa shape index (κ1) is 22.6. The zero-order valence-electron chi connectivity index (χ0n) is 17.1. The number of aryl methyl sites for hydroxylation is 1. The van der Waals surface area contributed by atoms with Crippen molar-refractivity contribution in [2.45, 2.75) is 46.7 Å². The maximum atomic E-state index is 13.1. The number of rotatable bonds is 7. The third-order valence-corrected chi connectivity index (χ3v) is 4.61. The molecule has 29 heavy (non-hydrogen) atoms. The van der Waals surface area contributed by atoms with E-state index in [2.05, 4.69) is 5.10 Å². The van der Waals surface area contributed by atoms with Crippen LogP contribution in [0, 0.1) is 12.7 Å². The zero-order chi connectivity index (χ0) is 21.7. The third kappa shape index (κ3) is 5.67. The summed E-state index contributed by atoms with van der Waals surface area (Å²) in [5, 5.41) is 4.60. The number of nitrogens with zero attached hydrogens (tertiary/aromatic N) is 3. The van der Waals surface area contributed by atoms with Crippen LogP contribution in [0.1, 0.15) is 39.0 Å². The summed E-state index contributed by atoms with van der Waals surface area (Å²) in [6.07, 6.45) is 2.69. The number of ether oxygens (including phenoxy) is 1. The van der Waals surface area contributed by atoms with E-state index in [4.69, 9.17) is 16.3 Å². The summed E-state index contributed by atoms with van der Waals surface area (Å²) in [6.45, 7) is 9.03. The van der Waals surface area contributed by atoms with Crippen molar-refractivity contribution in [1.82, 2.24) is 14.7 Å². The Morgan fingerprint density at radius 1 is 1.21 bits per heavy atom. The zero-order valence-corrected chi connectivity index (χ0v) is 17.9. The topological polar surface area (TPSA) is 64.4 Å². The highest BCUT2D eigenvalue weighted by atomic mass is 35.5. The van der Waals surface area contributed by atoms with Crippen LogP contribution in [0.4, 0.5) is 4.39 Å². The normalized spacial score (nSPS) is 11.5. The molecular weight excluding hydrogens is 397 g/mol. The van der Waals surface area contributed by atoms with Crippen molar-refractivity contribution < 1.29 is 18.7 Å². The van der Waals surface area contributed by atoms with Crippen LogP contribution >= 0.6 is 11.6 Å². The first-order valence-electron chi connectivity index (χ1n) is 9.28. The predicted molar refractivity (Wildman–Crippen MR) is 110 cm³/mol. The van der Waals surface area contributed by atoms with Crippen LogP contribution in [-0.2, 0) is 14.3 Å². The van der Waals surface area contributed by atoms with Crippen molar-refractivity contribution in [1.29, 1.82) is 0 Å². The molecule has 6 nitrogen and oxygen atoms in total. The second kappa shape index (κ2) is 9.69. The van der Waals surface area contributed by atoms with Gasteiger partial charge in [0, 0.05) is 23.7 Å². The van der Waals surface area contributed by atoms with Crippen LogP contribution < -0.4 is 0 Å². The lowest BCUT2D eigenvalue weighted by Gasteiger charge is -2.30. The molecule has 1 aromatic heterocycles. The molecule has 2 aromatic rings. The van der Waals surface area contributed by atoms with Crippen molar-refractivity contribution in [3.63, 3.8) is 0 Å². The molecule has 0 radical (unpaired) electrons. The van der Waals surface area contributed by atoms with Crippen molar-refractivity contribution in [3.05, 3.63) is 52.6 Å². The van der Waals surface area contributed by atoms with Crippen molar-refractivity contribution in [2.24, 2.45) is 0 Å². The van der Waals surface area contributed by atoms with E-state index in [9.17, 15) is 14.0 Å². The number of amides is 1. The second-order valence-electron chi connectivity index (χ2n) is 7.11. The molecule has 8 heteroatoms. The van der Waals surface area contributed by atoms with E-state index in [0.29, 0.717) is 16.9 Å². The Kier molecular flexibility index (Phi) is 7.56. The molecule has 0 fully saturated rings. The van der Waals surface area contributed by atoms with Gasteiger partial charge in [-0.25, -0.2) is 13.9 Å². The summed E-state index contributed by atoms with van der Waals surface area (Å²) in [5.74, 6) is -1.27. The second-order valence-corrected chi connectivity index (χ2v) is 7.47. The number of esters is 1. The Labute approximate surface area is 174 Å². The Hall–Kier alpha value is -2.67. The SMILES string of the molecule is Cc1nn(-c2ccc(F)cc2)c(Cl)c1/C=C/C(=O)OCC(=O)N(C(C)C)C(C)C. The standard InChI is InChI=1S/C21H25ClFN3O3/c1-13(2)25(14(3)4)19(27)12-29-20(28)11-10-18-15(5)24-26(21(18)22)17-8-6-16(23)7-9-17/h6-11,13-14H,12H2,1-5H3/b11-10+. The van der Waals surface area contributed by atoms with Crippen LogP contribution in [0.15, 0.2) is 30.3 Å². The minimum atomic E-state index is -0.657. The molecule has 1 amide bonds. The van der Waals surface area contributed by atoms with E-state index in [1.807, 2.05) is 27.7 Å². The smallest absolute Gasteiger partial charge is 0.331 e. The van der Waals surface area contributed by atoms with Gasteiger partial charge in [-0.15, -0.1) is 0 Å². The van der Waals surface area contributed by atoms with E-state index in [0.717, 1.165) is 0 Å². The largest absolute Gasteiger partial charge is 0.452 e. The molecule has 156 valence electrons. The maximum absolute atomic E-state index is 13.1. The van der Waals surface area contributed by atoms with Gasteiger partial charge in [-0.1, -0.05) is 11.6 Å². The van der Waals surface area contributed by atoms with Crippen molar-refractivity contribution >= 4 is 29.6 Å². The lowest BCUT2D eigenvalue weighted by Crippen LogP contribution is -2.44. The van der Waals surface area contributed by atoms with Crippen molar-refractivity contribution in [2.75, 3.05) is 6.61 Å². The van der Waals surface area contributed by atoms with Gasteiger partial charge in [-0.2, -0.15) is 5.10 Å². The number of benzene rings is 1. The maximum Gasteiger partial charge on any atom is 0.331 e. The molecule has 1 heterocycles. The number of hydrogen-bond donors (Lipinski definition) is 0. The average molecular weight is 422 g/mol. The number of aromatic nitrogens is 2. The van der Waals surface area contributed by atoms with Gasteiger partial charge in [-0.05, 0) is 65.0 Å². The minimum absolute atomic E-state index is 0.00972. The molecule has 0 aliphatic heterocycles. The van der Waals surface area contributed by atoms with E-state index in [-0.39, 0.29) is 35.6 Å². The fourth-order valence-electron chi connectivity index (χ4n) is 3.03. The Morgan fingerprint density at radius 3 is 2.34 bits per heavy atom. The van der Waals surface area contributed by atoms with Gasteiger partial charge in [0.25, 0.3) is 5.91 Å². The molecule has 0 aliphatic carbocycles. The molecule has 2 rings (SSSR count). The van der Waals surface area contributed by atoms with Crippen molar-refractivity contribution in [3.8, 4) is 5.69 Å². The lowest BCUT2D eigenvalue weighted by atomic mass is 10.2. The summed E-state index contributed by atoms with van der Waals surface area (Å²) >= 11 is 6.37. The lowest BCUT2D eigenvalue weighted by molar-refractivity contribution is -0.150. The summed E-state index contributed by atoms with van der Waals surface area (Å²) in [6, 6.07) is 5.74. The summed E-state index contributed by atoms with van der Waals surface area (Å²) in [4.78, 5) is 25.9. The fourth-order valence-corrected chi connectivity index (χ4v) is 3.37. The minimum Gasteiger partial charge on any atom is -0.452 e. The molecule has 0 saturated heterocycles. The van der Waals surface area contributed by atoms with Gasteiger partial charge in [0.1, 0.15) is 11.0 Å². The molecule has 1 aromatic carbocycles. The average Bonchev–Trinajstić information content (AvgIpc) is 2.92. The summed E-state index contributed by atoms with van der Waals surface area (Å²) in [7, 11) is 0. The van der Waals surface area contributed by atoms with Gasteiger partial charge >= 0.3 is 5.97 Å². The Bertz CT molecular complexity index is 897. The third-order valence-electron chi connectivity index (χ3n) is 4.24. The van der Waals surface area contributed by atoms with Gasteiger partial charge in [0.15, 0.2) is 6.61 Å². The number of carbonyl (C=O) groups is 2. The summed E-state index contributed by atoms with van der Waals surface area (Å²) < 4.78 is 19.6. The Balaban J connectivity index is 2.07. The van der Waals surface area contributed by atoms with E-state index in [1.165, 1.54) is 29.0 Å². The monoisotopic (exact) mass is 421 g/mol. The van der Waals surface area contributed by atoms with Gasteiger partial charge in [0.2, 0.25) is 0 Å². The van der Waals surface area contributed by atoms with Gasteiger partial charge < -0.3 is 9.64 Å². The van der Waals surface area contributed by atoms with Crippen LogP contribution in [0.3, 0.4) is 0 Å². The van der Waals surface area contributed by atoms with E-state index in [1.54, 1.807) is 24.0 Å². The highest BCUT2D eigenvalue weighted by Gasteiger charge is 2.21. The predicted octanol–water partition coefficient (Wildman–Crippen LogP) is 4.18. The van der Waals surface area contributed by atoms with Crippen LogP contribution in [0.5, 0.6) is 0 Å². The Morgan fingerprint density at radius 2 is 1.79 bits per heavy atom. The highest BCUT2D eigenvalue weighted by Crippen LogP contribution is 2.24. The number of halogens is 2. The molecule has 0 bridgehead atoms. The quantitative estimate of drug-likeness (QED) is 0.497. The number of hydrogen-bond acceptors (Lipinski definition) is 4. The van der Waals surface area contributed by atoms with E-state index >= 15 is 0 Å². The molecule has 0 spiro atoms. The first-order valence-corrected chi connectivity index (χ1v) is 9.66.